The molecule has 1 rings (SSSR count). The number of aliphatic carboxylic acids is 1. The highest BCUT2D eigenvalue weighted by Gasteiger charge is 2.27. The van der Waals surface area contributed by atoms with E-state index in [4.69, 9.17) is 16.3 Å². The Morgan fingerprint density at radius 1 is 1.58 bits per heavy atom. The molecule has 6 nitrogen and oxygen atoms in total. The van der Waals surface area contributed by atoms with Crippen molar-refractivity contribution in [3.8, 4) is 12.3 Å². The Balaban J connectivity index is 2.43. The van der Waals surface area contributed by atoms with Crippen molar-refractivity contribution in [2.45, 2.75) is 25.9 Å². The van der Waals surface area contributed by atoms with Gasteiger partial charge in [0, 0.05) is 19.1 Å². The molecule has 0 saturated carbocycles. The topological polar surface area (TPSA) is 78.9 Å². The summed E-state index contributed by atoms with van der Waals surface area (Å²) >= 11 is 0. The van der Waals surface area contributed by atoms with Crippen LogP contribution in [0.15, 0.2) is 0 Å². The Labute approximate surface area is 113 Å². The third kappa shape index (κ3) is 4.79. The van der Waals surface area contributed by atoms with E-state index in [9.17, 15) is 9.59 Å². The van der Waals surface area contributed by atoms with Gasteiger partial charge in [-0.25, -0.2) is 4.79 Å². The number of carbonyl (C=O) groups is 2. The van der Waals surface area contributed by atoms with Crippen molar-refractivity contribution in [3.05, 3.63) is 0 Å². The van der Waals surface area contributed by atoms with E-state index in [1.165, 1.54) is 0 Å². The van der Waals surface area contributed by atoms with Gasteiger partial charge in [0.15, 0.2) is 0 Å². The van der Waals surface area contributed by atoms with Crippen LogP contribution in [0.2, 0.25) is 0 Å². The lowest BCUT2D eigenvalue weighted by Crippen LogP contribution is -2.45. The maximum atomic E-state index is 11.8. The molecule has 1 aliphatic heterocycles. The minimum atomic E-state index is -1.08. The Morgan fingerprint density at radius 2 is 2.32 bits per heavy atom. The third-order valence-corrected chi connectivity index (χ3v) is 3.16. The molecular formula is C13H20N2O4. The fourth-order valence-electron chi connectivity index (χ4n) is 2.18. The van der Waals surface area contributed by atoms with Gasteiger partial charge in [-0.2, -0.15) is 0 Å². The smallest absolute Gasteiger partial charge is 0.323 e. The number of amides is 2. The molecule has 106 valence electrons. The average molecular weight is 268 g/mol. The van der Waals surface area contributed by atoms with Gasteiger partial charge >= 0.3 is 12.0 Å². The van der Waals surface area contributed by atoms with Crippen LogP contribution in [0.5, 0.6) is 0 Å². The fourth-order valence-corrected chi connectivity index (χ4v) is 2.18. The first-order valence-electron chi connectivity index (χ1n) is 6.38. The molecule has 19 heavy (non-hydrogen) atoms. The van der Waals surface area contributed by atoms with Gasteiger partial charge in [0.1, 0.15) is 6.54 Å². The molecule has 6 heteroatoms. The van der Waals surface area contributed by atoms with Gasteiger partial charge in [0.05, 0.1) is 12.6 Å². The highest BCUT2D eigenvalue weighted by Crippen LogP contribution is 2.22. The second-order valence-corrected chi connectivity index (χ2v) is 4.51. The van der Waals surface area contributed by atoms with Crippen LogP contribution >= 0.6 is 0 Å². The molecule has 0 spiro atoms. The Kier molecular flexibility index (Phi) is 6.16. The molecule has 0 aromatic heterocycles. The third-order valence-electron chi connectivity index (χ3n) is 3.16. The van der Waals surface area contributed by atoms with Crippen LogP contribution < -0.4 is 5.32 Å². The van der Waals surface area contributed by atoms with Crippen molar-refractivity contribution in [3.63, 3.8) is 0 Å². The van der Waals surface area contributed by atoms with E-state index < -0.39 is 18.5 Å². The molecule has 0 aliphatic carbocycles. The number of terminal acetylenes is 1. The van der Waals surface area contributed by atoms with Gasteiger partial charge in [0.2, 0.25) is 0 Å². The molecule has 0 aromatic rings. The Morgan fingerprint density at radius 3 is 2.89 bits per heavy atom. The van der Waals surface area contributed by atoms with E-state index >= 15 is 0 Å². The number of nitrogens with one attached hydrogen (secondary N) is 1. The standard InChI is InChI=1S/C13H20N2O4/c1-3-6-15(9-12(16)17)13(18)14-8-10-5-7-19-11(10)4-2/h1,10-11H,4-9H2,2H3,(H,14,18)(H,16,17). The minimum Gasteiger partial charge on any atom is -0.480 e. The number of hydrogen-bond donors (Lipinski definition) is 2. The van der Waals surface area contributed by atoms with Crippen molar-refractivity contribution >= 4 is 12.0 Å². The summed E-state index contributed by atoms with van der Waals surface area (Å²) in [5.74, 6) is 1.48. The highest BCUT2D eigenvalue weighted by molar-refractivity contribution is 5.80. The number of carbonyl (C=O) groups excluding carboxylic acids is 1. The molecule has 2 amide bonds. The summed E-state index contributed by atoms with van der Waals surface area (Å²) in [6.45, 7) is 2.82. The molecule has 1 aliphatic rings. The summed E-state index contributed by atoms with van der Waals surface area (Å²) in [4.78, 5) is 23.6. The normalized spacial score (nSPS) is 21.7. The van der Waals surface area contributed by atoms with E-state index in [0.29, 0.717) is 13.2 Å². The van der Waals surface area contributed by atoms with Crippen molar-refractivity contribution in [1.29, 1.82) is 0 Å². The van der Waals surface area contributed by atoms with Gasteiger partial charge in [-0.15, -0.1) is 6.42 Å². The summed E-state index contributed by atoms with van der Waals surface area (Å²) in [5.41, 5.74) is 0. The number of carboxylic acid groups (broad SMARTS) is 1. The molecule has 2 N–H and O–H groups in total. The minimum absolute atomic E-state index is 0.0174. The zero-order valence-electron chi connectivity index (χ0n) is 11.1. The lowest BCUT2D eigenvalue weighted by molar-refractivity contribution is -0.137. The molecule has 2 atom stereocenters. The average Bonchev–Trinajstić information content (AvgIpc) is 2.82. The summed E-state index contributed by atoms with van der Waals surface area (Å²) in [6.07, 6.45) is 7.10. The Bertz CT molecular complexity index is 364. The molecule has 1 fully saturated rings. The van der Waals surface area contributed by atoms with Crippen molar-refractivity contribution in [2.75, 3.05) is 26.2 Å². The van der Waals surface area contributed by atoms with Crippen LogP contribution in [0.4, 0.5) is 4.79 Å². The second-order valence-electron chi connectivity index (χ2n) is 4.51. The lowest BCUT2D eigenvalue weighted by Gasteiger charge is -2.22. The van der Waals surface area contributed by atoms with Gasteiger partial charge in [0.25, 0.3) is 0 Å². The van der Waals surface area contributed by atoms with E-state index in [1.807, 2.05) is 6.92 Å². The maximum Gasteiger partial charge on any atom is 0.323 e. The van der Waals surface area contributed by atoms with E-state index in [1.54, 1.807) is 0 Å². The van der Waals surface area contributed by atoms with Crippen molar-refractivity contribution < 1.29 is 19.4 Å². The van der Waals surface area contributed by atoms with Crippen molar-refractivity contribution in [2.24, 2.45) is 5.92 Å². The van der Waals surface area contributed by atoms with Gasteiger partial charge in [-0.3, -0.25) is 4.79 Å². The molecular weight excluding hydrogens is 248 g/mol. The summed E-state index contributed by atoms with van der Waals surface area (Å²) in [5, 5.41) is 11.4. The van der Waals surface area contributed by atoms with E-state index in [2.05, 4.69) is 11.2 Å². The van der Waals surface area contributed by atoms with E-state index in [-0.39, 0.29) is 18.6 Å². The number of urea groups is 1. The summed E-state index contributed by atoms with van der Waals surface area (Å²) in [7, 11) is 0. The van der Waals surface area contributed by atoms with Crippen LogP contribution in [-0.4, -0.2) is 54.4 Å². The van der Waals surface area contributed by atoms with Gasteiger partial charge < -0.3 is 20.1 Å². The van der Waals surface area contributed by atoms with Gasteiger partial charge in [-0.05, 0) is 12.8 Å². The number of ether oxygens (including phenoxy) is 1. The monoisotopic (exact) mass is 268 g/mol. The van der Waals surface area contributed by atoms with Crippen LogP contribution in [0.25, 0.3) is 0 Å². The first-order valence-corrected chi connectivity index (χ1v) is 6.38. The molecule has 1 saturated heterocycles. The number of nitrogens with zero attached hydrogens (tertiary/aromatic N) is 1. The Hall–Kier alpha value is -1.74. The van der Waals surface area contributed by atoms with E-state index in [0.717, 1.165) is 17.7 Å². The van der Waals surface area contributed by atoms with Gasteiger partial charge in [-0.1, -0.05) is 12.8 Å². The fraction of sp³-hybridized carbons (Fsp3) is 0.692. The predicted octanol–water partition coefficient (Wildman–Crippen LogP) is 0.531. The highest BCUT2D eigenvalue weighted by atomic mass is 16.5. The number of rotatable bonds is 6. The maximum absolute atomic E-state index is 11.8. The SMILES string of the molecule is C#CCN(CC(=O)O)C(=O)NCC1CCOC1CC. The second kappa shape index (κ2) is 7.64. The van der Waals surface area contributed by atoms with Crippen molar-refractivity contribution in [1.82, 2.24) is 10.2 Å². The zero-order valence-corrected chi connectivity index (χ0v) is 11.1. The summed E-state index contributed by atoms with van der Waals surface area (Å²) < 4.78 is 5.53. The first kappa shape index (κ1) is 15.3. The van der Waals surface area contributed by atoms with Crippen LogP contribution in [0.1, 0.15) is 19.8 Å². The molecule has 0 radical (unpaired) electrons. The summed E-state index contributed by atoms with van der Waals surface area (Å²) in [6, 6.07) is -0.442. The molecule has 0 aromatic carbocycles. The van der Waals surface area contributed by atoms with Crippen LogP contribution in [0, 0.1) is 18.3 Å². The zero-order chi connectivity index (χ0) is 14.3. The number of carboxylic acids is 1. The predicted molar refractivity (Wildman–Crippen MR) is 69.6 cm³/mol. The molecule has 1 heterocycles. The number of hydrogen-bond acceptors (Lipinski definition) is 3. The van der Waals surface area contributed by atoms with Crippen LogP contribution in [-0.2, 0) is 9.53 Å². The van der Waals surface area contributed by atoms with Crippen LogP contribution in [0.3, 0.4) is 0 Å². The molecule has 0 bridgehead atoms. The lowest BCUT2D eigenvalue weighted by atomic mass is 10.00. The quantitative estimate of drug-likeness (QED) is 0.689. The largest absolute Gasteiger partial charge is 0.480 e. The first-order chi connectivity index (χ1) is 9.08. The molecule has 2 unspecified atom stereocenters.